The van der Waals surface area contributed by atoms with E-state index in [1.54, 1.807) is 37.2 Å². The Morgan fingerprint density at radius 3 is 2.67 bits per heavy atom. The molecule has 0 heterocycles. The predicted octanol–water partition coefficient (Wildman–Crippen LogP) is 6.17. The van der Waals surface area contributed by atoms with E-state index in [0.29, 0.717) is 34.5 Å². The molecule has 2 rings (SSSR count). The van der Waals surface area contributed by atoms with E-state index in [-0.39, 0.29) is 5.97 Å². The maximum Gasteiger partial charge on any atom is 0.339 e. The summed E-state index contributed by atoms with van der Waals surface area (Å²) >= 11 is 1.59. The molecule has 0 aliphatic rings. The number of anilines is 2. The number of benzene rings is 2. The van der Waals surface area contributed by atoms with Gasteiger partial charge in [0.15, 0.2) is 0 Å². The van der Waals surface area contributed by atoms with Gasteiger partial charge < -0.3 is 15.0 Å². The van der Waals surface area contributed by atoms with Crippen LogP contribution < -0.4 is 5.32 Å². The standard InChI is InChI=1S/C23H30FN3O2S/c1-7-27(6)14-25-20-13-19(24)21(11-16(20)5)26-17-9-10-22(30-15(3)4)18(12-17)23(28)29-8-2/h9-15,26H,7-8H2,1-6H3. The number of halogens is 1. The fourth-order valence-corrected chi connectivity index (χ4v) is 3.56. The fourth-order valence-electron chi connectivity index (χ4n) is 2.64. The predicted molar refractivity (Wildman–Crippen MR) is 124 cm³/mol. The molecule has 0 amide bonds. The molecule has 1 N–H and O–H groups in total. The van der Waals surface area contributed by atoms with Gasteiger partial charge >= 0.3 is 5.97 Å². The maximum atomic E-state index is 14.7. The lowest BCUT2D eigenvalue weighted by Crippen LogP contribution is -2.14. The lowest BCUT2D eigenvalue weighted by Gasteiger charge is -2.15. The van der Waals surface area contributed by atoms with Gasteiger partial charge in [0.25, 0.3) is 0 Å². The van der Waals surface area contributed by atoms with Crippen molar-refractivity contribution in [1.82, 2.24) is 4.90 Å². The summed E-state index contributed by atoms with van der Waals surface area (Å²) in [6.07, 6.45) is 1.69. The molecule has 0 unspecified atom stereocenters. The topological polar surface area (TPSA) is 53.9 Å². The van der Waals surface area contributed by atoms with Crippen molar-refractivity contribution >= 4 is 41.1 Å². The van der Waals surface area contributed by atoms with Gasteiger partial charge in [0.2, 0.25) is 0 Å². The molecular formula is C23H30FN3O2S. The SMILES string of the molecule is CCOC(=O)c1cc(Nc2cc(C)c(N=CN(C)CC)cc2F)ccc1SC(C)C. The van der Waals surface area contributed by atoms with E-state index >= 15 is 0 Å². The first-order chi connectivity index (χ1) is 14.2. The first kappa shape index (κ1) is 23.7. The highest BCUT2D eigenvalue weighted by Gasteiger charge is 2.16. The van der Waals surface area contributed by atoms with Gasteiger partial charge in [-0.3, -0.25) is 0 Å². The molecule has 0 aliphatic carbocycles. The largest absolute Gasteiger partial charge is 0.462 e. The molecule has 30 heavy (non-hydrogen) atoms. The van der Waals surface area contributed by atoms with E-state index in [2.05, 4.69) is 24.2 Å². The molecule has 0 saturated heterocycles. The van der Waals surface area contributed by atoms with Crippen LogP contribution in [0.2, 0.25) is 0 Å². The van der Waals surface area contributed by atoms with Gasteiger partial charge in [-0.15, -0.1) is 11.8 Å². The van der Waals surface area contributed by atoms with Gasteiger partial charge in [0.1, 0.15) is 5.82 Å². The van der Waals surface area contributed by atoms with Crippen LogP contribution in [0.15, 0.2) is 40.2 Å². The molecule has 2 aromatic carbocycles. The molecule has 0 atom stereocenters. The summed E-state index contributed by atoms with van der Waals surface area (Å²) < 4.78 is 19.9. The van der Waals surface area contributed by atoms with Crippen molar-refractivity contribution in [3.63, 3.8) is 0 Å². The fraction of sp³-hybridized carbons (Fsp3) is 0.391. The molecule has 0 saturated carbocycles. The zero-order chi connectivity index (χ0) is 22.3. The molecule has 7 heteroatoms. The zero-order valence-corrected chi connectivity index (χ0v) is 19.3. The number of rotatable bonds is 9. The lowest BCUT2D eigenvalue weighted by atomic mass is 10.1. The Labute approximate surface area is 182 Å². The van der Waals surface area contributed by atoms with Gasteiger partial charge in [0.05, 0.1) is 29.9 Å². The van der Waals surface area contributed by atoms with E-state index in [1.807, 2.05) is 37.9 Å². The van der Waals surface area contributed by atoms with Crippen LogP contribution in [-0.2, 0) is 4.74 Å². The maximum absolute atomic E-state index is 14.7. The van der Waals surface area contributed by atoms with Crippen molar-refractivity contribution < 1.29 is 13.9 Å². The van der Waals surface area contributed by atoms with Crippen LogP contribution in [0.1, 0.15) is 43.6 Å². The highest BCUT2D eigenvalue weighted by molar-refractivity contribution is 8.00. The van der Waals surface area contributed by atoms with Crippen LogP contribution in [0.3, 0.4) is 0 Å². The molecular weight excluding hydrogens is 401 g/mol. The number of ether oxygens (including phenoxy) is 1. The van der Waals surface area contributed by atoms with Crippen molar-refractivity contribution in [3.05, 3.63) is 47.3 Å². The number of nitrogens with zero attached hydrogens (tertiary/aromatic N) is 2. The lowest BCUT2D eigenvalue weighted by molar-refractivity contribution is 0.0522. The number of carbonyl (C=O) groups excluding carboxylic acids is 1. The van der Waals surface area contributed by atoms with E-state index in [9.17, 15) is 9.18 Å². The van der Waals surface area contributed by atoms with Crippen molar-refractivity contribution in [2.24, 2.45) is 4.99 Å². The number of carbonyl (C=O) groups is 1. The van der Waals surface area contributed by atoms with Gasteiger partial charge in [-0.05, 0) is 50.6 Å². The Bertz CT molecular complexity index is 916. The minimum Gasteiger partial charge on any atom is -0.462 e. The quantitative estimate of drug-likeness (QED) is 0.223. The van der Waals surface area contributed by atoms with E-state index in [4.69, 9.17) is 4.74 Å². The second kappa shape index (κ2) is 11.0. The number of aryl methyl sites for hydroxylation is 1. The van der Waals surface area contributed by atoms with Crippen molar-refractivity contribution in [2.75, 3.05) is 25.5 Å². The third-order valence-electron chi connectivity index (χ3n) is 4.29. The van der Waals surface area contributed by atoms with E-state index < -0.39 is 5.82 Å². The number of hydrogen-bond acceptors (Lipinski definition) is 5. The summed E-state index contributed by atoms with van der Waals surface area (Å²) in [6.45, 7) is 10.9. The summed E-state index contributed by atoms with van der Waals surface area (Å²) in [4.78, 5) is 19.5. The molecule has 0 fully saturated rings. The van der Waals surface area contributed by atoms with Gasteiger partial charge in [-0.2, -0.15) is 0 Å². The van der Waals surface area contributed by atoms with E-state index in [0.717, 1.165) is 17.0 Å². The number of nitrogens with one attached hydrogen (secondary N) is 1. The second-order valence-corrected chi connectivity index (χ2v) is 8.78. The summed E-state index contributed by atoms with van der Waals surface area (Å²) in [5.41, 5.74) is 2.84. The van der Waals surface area contributed by atoms with Gasteiger partial charge in [-0.1, -0.05) is 13.8 Å². The molecule has 162 valence electrons. The molecule has 5 nitrogen and oxygen atoms in total. The Morgan fingerprint density at radius 2 is 2.03 bits per heavy atom. The molecule has 0 bridgehead atoms. The smallest absolute Gasteiger partial charge is 0.339 e. The zero-order valence-electron chi connectivity index (χ0n) is 18.5. The summed E-state index contributed by atoms with van der Waals surface area (Å²) in [5.74, 6) is -0.795. The van der Waals surface area contributed by atoms with E-state index in [1.165, 1.54) is 6.07 Å². The highest BCUT2D eigenvalue weighted by atomic mass is 32.2. The Morgan fingerprint density at radius 1 is 1.30 bits per heavy atom. The molecule has 2 aromatic rings. The van der Waals surface area contributed by atoms with Crippen molar-refractivity contribution in [2.45, 2.75) is 44.8 Å². The third-order valence-corrected chi connectivity index (χ3v) is 5.38. The first-order valence-electron chi connectivity index (χ1n) is 10.0. The van der Waals surface area contributed by atoms with Gasteiger partial charge in [0, 0.05) is 35.5 Å². The monoisotopic (exact) mass is 431 g/mol. The summed E-state index contributed by atoms with van der Waals surface area (Å²) in [5, 5.41) is 3.40. The van der Waals surface area contributed by atoms with Crippen LogP contribution in [0.5, 0.6) is 0 Å². The highest BCUT2D eigenvalue weighted by Crippen LogP contribution is 2.32. The molecule has 0 spiro atoms. The average Bonchev–Trinajstić information content (AvgIpc) is 2.70. The minimum atomic E-state index is -0.412. The van der Waals surface area contributed by atoms with Crippen LogP contribution in [-0.4, -0.2) is 42.7 Å². The van der Waals surface area contributed by atoms with Gasteiger partial charge in [-0.25, -0.2) is 14.2 Å². The molecule has 0 aliphatic heterocycles. The number of thioether (sulfide) groups is 1. The van der Waals surface area contributed by atoms with Crippen LogP contribution >= 0.6 is 11.8 Å². The number of hydrogen-bond donors (Lipinski definition) is 1. The number of aliphatic imine (C=N–C) groups is 1. The first-order valence-corrected chi connectivity index (χ1v) is 10.9. The number of esters is 1. The van der Waals surface area contributed by atoms with Crippen molar-refractivity contribution in [3.8, 4) is 0 Å². The molecule has 0 aromatic heterocycles. The second-order valence-electron chi connectivity index (χ2n) is 7.16. The minimum absolute atomic E-state index is 0.297. The van der Waals surface area contributed by atoms with Crippen molar-refractivity contribution in [1.29, 1.82) is 0 Å². The Kier molecular flexibility index (Phi) is 8.72. The normalized spacial score (nSPS) is 11.2. The Hall–Kier alpha value is -2.54. The Balaban J connectivity index is 2.33. The molecule has 0 radical (unpaired) electrons. The van der Waals surface area contributed by atoms with Crippen LogP contribution in [0, 0.1) is 12.7 Å². The van der Waals surface area contributed by atoms with Crippen LogP contribution in [0.25, 0.3) is 0 Å². The third kappa shape index (κ3) is 6.49. The summed E-state index contributed by atoms with van der Waals surface area (Å²) in [7, 11) is 1.91. The summed E-state index contributed by atoms with van der Waals surface area (Å²) in [6, 6.07) is 8.54. The van der Waals surface area contributed by atoms with Crippen LogP contribution in [0.4, 0.5) is 21.5 Å². The average molecular weight is 432 g/mol.